The Morgan fingerprint density at radius 2 is 2.00 bits per heavy atom. The molecular weight excluding hydrogens is 446 g/mol. The number of β-amino-alcohol motifs (C(OH)–C–C–N with tert-alkyl or cyclic N) is 1. The lowest BCUT2D eigenvalue weighted by atomic mass is 9.88. The monoisotopic (exact) mass is 475 g/mol. The number of rotatable bonds is 7. The van der Waals surface area contributed by atoms with Crippen LogP contribution in [0.5, 0.6) is 11.5 Å². The average molecular weight is 476 g/mol. The van der Waals surface area contributed by atoms with E-state index in [1.165, 1.54) is 11.1 Å². The van der Waals surface area contributed by atoms with Gasteiger partial charge in [-0.15, -0.1) is 10.2 Å². The summed E-state index contributed by atoms with van der Waals surface area (Å²) in [5.41, 5.74) is 3.42. The summed E-state index contributed by atoms with van der Waals surface area (Å²) in [4.78, 5) is 2.33. The molecule has 0 amide bonds. The van der Waals surface area contributed by atoms with Crippen LogP contribution in [0.4, 0.5) is 0 Å². The van der Waals surface area contributed by atoms with Gasteiger partial charge in [0.05, 0.1) is 12.0 Å². The molecule has 1 N–H and O–H groups in total. The van der Waals surface area contributed by atoms with Gasteiger partial charge < -0.3 is 28.3 Å². The number of aromatic nitrogens is 2. The van der Waals surface area contributed by atoms with E-state index in [9.17, 15) is 5.11 Å². The molecule has 4 aromatic rings. The summed E-state index contributed by atoms with van der Waals surface area (Å²) >= 11 is 0. The van der Waals surface area contributed by atoms with Crippen molar-refractivity contribution < 1.29 is 23.4 Å². The zero-order valence-electron chi connectivity index (χ0n) is 19.8. The number of fused-ring (bicyclic) bond motifs is 2. The third-order valence-electron chi connectivity index (χ3n) is 6.93. The first-order chi connectivity index (χ1) is 17.1. The van der Waals surface area contributed by atoms with Gasteiger partial charge in [0, 0.05) is 26.0 Å². The molecule has 2 aromatic heterocycles. The third-order valence-corrected chi connectivity index (χ3v) is 6.93. The van der Waals surface area contributed by atoms with Crippen molar-refractivity contribution in [1.82, 2.24) is 15.1 Å². The number of benzene rings is 2. The summed E-state index contributed by atoms with van der Waals surface area (Å²) < 4.78 is 23.0. The maximum Gasteiger partial charge on any atom is 0.283 e. The molecule has 1 fully saturated rings. The van der Waals surface area contributed by atoms with Gasteiger partial charge in [-0.1, -0.05) is 18.2 Å². The highest BCUT2D eigenvalue weighted by molar-refractivity contribution is 5.87. The molecule has 0 aliphatic carbocycles. The lowest BCUT2D eigenvalue weighted by Gasteiger charge is -2.33. The van der Waals surface area contributed by atoms with Crippen LogP contribution in [0.3, 0.4) is 0 Å². The summed E-state index contributed by atoms with van der Waals surface area (Å²) in [5.74, 6) is 3.58. The van der Waals surface area contributed by atoms with E-state index in [-0.39, 0.29) is 6.61 Å². The van der Waals surface area contributed by atoms with Crippen molar-refractivity contribution >= 4 is 11.0 Å². The molecule has 4 heterocycles. The minimum atomic E-state index is -0.580. The van der Waals surface area contributed by atoms with E-state index in [0.717, 1.165) is 50.1 Å². The van der Waals surface area contributed by atoms with Crippen LogP contribution in [0.15, 0.2) is 51.3 Å². The topological polar surface area (TPSA) is 94.0 Å². The molecule has 8 heteroatoms. The van der Waals surface area contributed by atoms with Crippen molar-refractivity contribution in [1.29, 1.82) is 0 Å². The zero-order chi connectivity index (χ0) is 23.8. The van der Waals surface area contributed by atoms with E-state index in [1.54, 1.807) is 6.92 Å². The van der Waals surface area contributed by atoms with E-state index in [2.05, 4.69) is 33.3 Å². The first-order valence-electron chi connectivity index (χ1n) is 12.2. The van der Waals surface area contributed by atoms with Gasteiger partial charge in [0.25, 0.3) is 5.89 Å². The van der Waals surface area contributed by atoms with E-state index in [0.29, 0.717) is 41.3 Å². The maximum absolute atomic E-state index is 10.7. The molecule has 2 aromatic carbocycles. The summed E-state index contributed by atoms with van der Waals surface area (Å²) in [7, 11) is 0. The minimum absolute atomic E-state index is 0.212. The van der Waals surface area contributed by atoms with Crippen LogP contribution in [-0.2, 0) is 6.42 Å². The lowest BCUT2D eigenvalue weighted by Crippen LogP contribution is -2.40. The van der Waals surface area contributed by atoms with E-state index < -0.39 is 6.10 Å². The quantitative estimate of drug-likeness (QED) is 0.422. The van der Waals surface area contributed by atoms with Gasteiger partial charge in [-0.3, -0.25) is 0 Å². The van der Waals surface area contributed by atoms with Crippen molar-refractivity contribution in [3.63, 3.8) is 0 Å². The second kappa shape index (κ2) is 9.36. The Morgan fingerprint density at radius 3 is 2.83 bits per heavy atom. The number of aryl methyl sites for hydroxylation is 1. The number of furan rings is 1. The fourth-order valence-corrected chi connectivity index (χ4v) is 5.11. The van der Waals surface area contributed by atoms with Crippen molar-refractivity contribution in [2.45, 2.75) is 38.2 Å². The molecule has 0 spiro atoms. The summed E-state index contributed by atoms with van der Waals surface area (Å²) in [6.45, 7) is 5.29. The summed E-state index contributed by atoms with van der Waals surface area (Å²) in [6.07, 6.45) is 2.63. The molecule has 0 saturated carbocycles. The molecule has 182 valence electrons. The number of hydrogen-bond acceptors (Lipinski definition) is 8. The smallest absolute Gasteiger partial charge is 0.283 e. The molecule has 35 heavy (non-hydrogen) atoms. The van der Waals surface area contributed by atoms with Crippen LogP contribution in [0.2, 0.25) is 0 Å². The Bertz CT molecular complexity index is 1320. The molecule has 2 aliphatic rings. The van der Waals surface area contributed by atoms with Crippen molar-refractivity contribution in [3.8, 4) is 23.1 Å². The zero-order valence-corrected chi connectivity index (χ0v) is 19.8. The highest BCUT2D eigenvalue weighted by Crippen LogP contribution is 2.34. The standard InChI is InChI=1S/C27H29N3O5/c1-17-28-29-27(34-17)26-14-22-24(3-2-4-25(22)35-26)33-16-21(31)15-30-10-7-18(8-11-30)19-5-6-23-20(13-19)9-12-32-23/h2-6,13-14,18,21,31H,7-12,15-16H2,1H3/t21-/m0/s1. The number of piperidine rings is 1. The Morgan fingerprint density at radius 1 is 1.11 bits per heavy atom. The average Bonchev–Trinajstić information content (AvgIpc) is 3.62. The number of nitrogens with zero attached hydrogens (tertiary/aromatic N) is 3. The second-order valence-electron chi connectivity index (χ2n) is 9.41. The molecule has 6 rings (SSSR count). The van der Waals surface area contributed by atoms with Gasteiger partial charge in [0.1, 0.15) is 29.8 Å². The maximum atomic E-state index is 10.7. The van der Waals surface area contributed by atoms with Crippen LogP contribution in [0.25, 0.3) is 22.6 Å². The first-order valence-corrected chi connectivity index (χ1v) is 12.2. The Kier molecular flexibility index (Phi) is 5.91. The van der Waals surface area contributed by atoms with Gasteiger partial charge in [-0.05, 0) is 61.2 Å². The van der Waals surface area contributed by atoms with Crippen LogP contribution in [-0.4, -0.2) is 59.2 Å². The van der Waals surface area contributed by atoms with Crippen LogP contribution in [0.1, 0.15) is 35.8 Å². The van der Waals surface area contributed by atoms with Gasteiger partial charge in [0.2, 0.25) is 5.89 Å². The number of ether oxygens (including phenoxy) is 2. The van der Waals surface area contributed by atoms with Gasteiger partial charge >= 0.3 is 0 Å². The van der Waals surface area contributed by atoms with Crippen LogP contribution >= 0.6 is 0 Å². The summed E-state index contributed by atoms with van der Waals surface area (Å²) in [5, 5.41) is 19.4. The van der Waals surface area contributed by atoms with Gasteiger partial charge in [0.15, 0.2) is 5.76 Å². The first kappa shape index (κ1) is 22.1. The van der Waals surface area contributed by atoms with E-state index in [4.69, 9.17) is 18.3 Å². The van der Waals surface area contributed by atoms with E-state index >= 15 is 0 Å². The van der Waals surface area contributed by atoms with Crippen molar-refractivity contribution in [3.05, 3.63) is 59.5 Å². The second-order valence-corrected chi connectivity index (χ2v) is 9.41. The predicted molar refractivity (Wildman–Crippen MR) is 130 cm³/mol. The molecular formula is C27H29N3O5. The van der Waals surface area contributed by atoms with Gasteiger partial charge in [-0.25, -0.2) is 0 Å². The highest BCUT2D eigenvalue weighted by Gasteiger charge is 2.24. The number of aliphatic hydroxyl groups excluding tert-OH is 1. The number of hydrogen-bond donors (Lipinski definition) is 1. The SMILES string of the molecule is Cc1nnc(-c2cc3c(OC[C@@H](O)CN4CCC(c5ccc6c(c5)CCO6)CC4)cccc3o2)o1. The molecule has 2 aliphatic heterocycles. The van der Waals surface area contributed by atoms with Crippen molar-refractivity contribution in [2.75, 3.05) is 32.8 Å². The van der Waals surface area contributed by atoms with E-state index in [1.807, 2.05) is 24.3 Å². The van der Waals surface area contributed by atoms with Crippen LogP contribution in [0, 0.1) is 6.92 Å². The minimum Gasteiger partial charge on any atom is -0.493 e. The fraction of sp³-hybridized carbons (Fsp3) is 0.407. The normalized spacial score (nSPS) is 17.4. The molecule has 1 saturated heterocycles. The largest absolute Gasteiger partial charge is 0.493 e. The Labute approximate surface area is 203 Å². The Balaban J connectivity index is 1.03. The summed E-state index contributed by atoms with van der Waals surface area (Å²) in [6, 6.07) is 14.1. The predicted octanol–water partition coefficient (Wildman–Crippen LogP) is 4.35. The van der Waals surface area contributed by atoms with Crippen LogP contribution < -0.4 is 9.47 Å². The molecule has 1 atom stereocenters. The Hall–Kier alpha value is -3.36. The molecule has 0 bridgehead atoms. The highest BCUT2D eigenvalue weighted by atomic mass is 16.5. The fourth-order valence-electron chi connectivity index (χ4n) is 5.11. The number of likely N-dealkylation sites (tertiary alicyclic amines) is 1. The number of aliphatic hydroxyl groups is 1. The lowest BCUT2D eigenvalue weighted by molar-refractivity contribution is 0.0599. The molecule has 0 unspecified atom stereocenters. The van der Waals surface area contributed by atoms with Crippen molar-refractivity contribution in [2.24, 2.45) is 0 Å². The molecule has 0 radical (unpaired) electrons. The van der Waals surface area contributed by atoms with Gasteiger partial charge in [-0.2, -0.15) is 0 Å². The third kappa shape index (κ3) is 4.63. The molecule has 8 nitrogen and oxygen atoms in total.